The van der Waals surface area contributed by atoms with E-state index >= 15 is 0 Å². The van der Waals surface area contributed by atoms with Gasteiger partial charge in [-0.15, -0.1) is 24.0 Å². The molecule has 0 unspecified atom stereocenters. The van der Waals surface area contributed by atoms with Gasteiger partial charge >= 0.3 is 0 Å². The molecule has 0 saturated carbocycles. The molecule has 6 nitrogen and oxygen atoms in total. The number of hydrogen-bond donors (Lipinski definition) is 1. The molecule has 0 amide bonds. The van der Waals surface area contributed by atoms with E-state index in [1.807, 2.05) is 11.8 Å². The van der Waals surface area contributed by atoms with E-state index in [0.29, 0.717) is 50.9 Å². The normalized spacial score (nSPS) is 18.1. The van der Waals surface area contributed by atoms with Gasteiger partial charge in [0, 0.05) is 71.8 Å². The molecule has 1 N–H and O–H groups in total. The van der Waals surface area contributed by atoms with Crippen LogP contribution in [0, 0.1) is 17.6 Å². The Kier molecular flexibility index (Phi) is 11.8. The third kappa shape index (κ3) is 8.34. The molecule has 2 fully saturated rings. The Morgan fingerprint density at radius 1 is 1.19 bits per heavy atom. The Hall–Kier alpha value is -1.20. The second kappa shape index (κ2) is 14.1. The van der Waals surface area contributed by atoms with Crippen LogP contribution in [0.15, 0.2) is 23.2 Å². The highest BCUT2D eigenvalue weighted by Crippen LogP contribution is 2.22. The van der Waals surface area contributed by atoms with E-state index in [1.165, 1.54) is 12.1 Å². The molecular formula is C22H35F2IN4O2. The second-order valence-corrected chi connectivity index (χ2v) is 7.79. The van der Waals surface area contributed by atoms with Crippen molar-refractivity contribution in [1.29, 1.82) is 0 Å². The Morgan fingerprint density at radius 3 is 2.65 bits per heavy atom. The third-order valence-corrected chi connectivity index (χ3v) is 5.57. The topological polar surface area (TPSA) is 49.3 Å². The van der Waals surface area contributed by atoms with Crippen LogP contribution in [0.5, 0.6) is 0 Å². The lowest BCUT2D eigenvalue weighted by atomic mass is 10.0. The molecule has 0 atom stereocenters. The number of rotatable bonds is 8. The molecule has 1 aromatic carbocycles. The smallest absolute Gasteiger partial charge is 0.194 e. The highest BCUT2D eigenvalue weighted by Gasteiger charge is 2.22. The zero-order valence-electron chi connectivity index (χ0n) is 18.3. The van der Waals surface area contributed by atoms with Crippen LogP contribution in [-0.4, -0.2) is 76.6 Å². The van der Waals surface area contributed by atoms with Gasteiger partial charge in [0.05, 0.1) is 5.69 Å². The minimum absolute atomic E-state index is 0. The van der Waals surface area contributed by atoms with E-state index < -0.39 is 5.82 Å². The van der Waals surface area contributed by atoms with Crippen LogP contribution in [0.1, 0.15) is 26.2 Å². The molecule has 3 rings (SSSR count). The van der Waals surface area contributed by atoms with Gasteiger partial charge < -0.3 is 24.6 Å². The van der Waals surface area contributed by atoms with Crippen LogP contribution >= 0.6 is 24.0 Å². The van der Waals surface area contributed by atoms with Crippen LogP contribution in [0.3, 0.4) is 0 Å². The Balaban J connectivity index is 0.00000341. The first kappa shape index (κ1) is 26.1. The van der Waals surface area contributed by atoms with Crippen LogP contribution in [0.2, 0.25) is 0 Å². The molecule has 9 heteroatoms. The zero-order chi connectivity index (χ0) is 21.2. The Morgan fingerprint density at radius 2 is 1.94 bits per heavy atom. The Labute approximate surface area is 201 Å². The minimum atomic E-state index is -0.414. The molecule has 0 radical (unpaired) electrons. The van der Waals surface area contributed by atoms with Gasteiger partial charge in [-0.25, -0.2) is 8.78 Å². The summed E-state index contributed by atoms with van der Waals surface area (Å²) in [5.74, 6) is 0.703. The molecule has 2 heterocycles. The summed E-state index contributed by atoms with van der Waals surface area (Å²) >= 11 is 0. The van der Waals surface area contributed by atoms with Crippen molar-refractivity contribution in [3.05, 3.63) is 29.8 Å². The van der Waals surface area contributed by atoms with E-state index in [0.717, 1.165) is 57.7 Å². The van der Waals surface area contributed by atoms with Gasteiger partial charge in [0.1, 0.15) is 11.6 Å². The standard InChI is InChI=1S/C22H34F2N4O2.HI/c1-2-25-22(26-8-3-13-30-17-18-6-14-29-15-7-18)28-11-9-27(10-12-28)21-16-19(23)4-5-20(21)24;/h4-5,16,18H,2-3,6-15,17H2,1H3,(H,25,26);1H. The van der Waals surface area contributed by atoms with Gasteiger partial charge in [-0.2, -0.15) is 0 Å². The second-order valence-electron chi connectivity index (χ2n) is 7.79. The molecule has 0 aliphatic carbocycles. The van der Waals surface area contributed by atoms with Gasteiger partial charge in [0.15, 0.2) is 5.96 Å². The van der Waals surface area contributed by atoms with Crippen LogP contribution in [0.4, 0.5) is 14.5 Å². The van der Waals surface area contributed by atoms with Crippen molar-refractivity contribution in [3.63, 3.8) is 0 Å². The summed E-state index contributed by atoms with van der Waals surface area (Å²) in [6, 6.07) is 3.61. The molecule has 1 aromatic rings. The number of aliphatic imine (C=N–C) groups is 1. The van der Waals surface area contributed by atoms with Crippen molar-refractivity contribution in [2.75, 3.05) is 70.6 Å². The first-order valence-corrected chi connectivity index (χ1v) is 11.1. The summed E-state index contributed by atoms with van der Waals surface area (Å²) < 4.78 is 38.7. The van der Waals surface area contributed by atoms with Gasteiger partial charge in [-0.1, -0.05) is 0 Å². The highest BCUT2D eigenvalue weighted by molar-refractivity contribution is 14.0. The van der Waals surface area contributed by atoms with Crippen molar-refractivity contribution in [2.45, 2.75) is 26.2 Å². The van der Waals surface area contributed by atoms with E-state index in [-0.39, 0.29) is 29.8 Å². The van der Waals surface area contributed by atoms with Crippen LogP contribution in [0.25, 0.3) is 0 Å². The monoisotopic (exact) mass is 552 g/mol. The summed E-state index contributed by atoms with van der Waals surface area (Å²) in [6.07, 6.45) is 3.06. The fraction of sp³-hybridized carbons (Fsp3) is 0.682. The molecular weight excluding hydrogens is 517 g/mol. The predicted molar refractivity (Wildman–Crippen MR) is 131 cm³/mol. The average Bonchev–Trinajstić information content (AvgIpc) is 2.78. The number of anilines is 1. The zero-order valence-corrected chi connectivity index (χ0v) is 20.7. The fourth-order valence-corrected chi connectivity index (χ4v) is 3.83. The van der Waals surface area contributed by atoms with Gasteiger partial charge in [0.25, 0.3) is 0 Å². The van der Waals surface area contributed by atoms with Gasteiger partial charge in [-0.3, -0.25) is 4.99 Å². The summed E-state index contributed by atoms with van der Waals surface area (Å²) in [7, 11) is 0. The van der Waals surface area contributed by atoms with Crippen molar-refractivity contribution in [3.8, 4) is 0 Å². The summed E-state index contributed by atoms with van der Waals surface area (Å²) in [6.45, 7) is 9.44. The average molecular weight is 552 g/mol. The summed E-state index contributed by atoms with van der Waals surface area (Å²) in [5.41, 5.74) is 0.332. The van der Waals surface area contributed by atoms with Crippen molar-refractivity contribution < 1.29 is 18.3 Å². The van der Waals surface area contributed by atoms with Gasteiger partial charge in [-0.05, 0) is 44.2 Å². The number of benzene rings is 1. The van der Waals surface area contributed by atoms with Gasteiger partial charge in [0.2, 0.25) is 0 Å². The van der Waals surface area contributed by atoms with E-state index in [9.17, 15) is 8.78 Å². The van der Waals surface area contributed by atoms with E-state index in [2.05, 4.69) is 10.2 Å². The predicted octanol–water partition coefficient (Wildman–Crippen LogP) is 3.50. The molecule has 0 spiro atoms. The van der Waals surface area contributed by atoms with Crippen LogP contribution in [-0.2, 0) is 9.47 Å². The molecule has 0 bridgehead atoms. The summed E-state index contributed by atoms with van der Waals surface area (Å²) in [4.78, 5) is 8.80. The number of halogens is 3. The van der Waals surface area contributed by atoms with Crippen molar-refractivity contribution in [1.82, 2.24) is 10.2 Å². The lowest BCUT2D eigenvalue weighted by Gasteiger charge is -2.37. The highest BCUT2D eigenvalue weighted by atomic mass is 127. The molecule has 31 heavy (non-hydrogen) atoms. The molecule has 2 aliphatic rings. The van der Waals surface area contributed by atoms with Crippen molar-refractivity contribution in [2.24, 2.45) is 10.9 Å². The Bertz CT molecular complexity index is 681. The fourth-order valence-electron chi connectivity index (χ4n) is 3.83. The lowest BCUT2D eigenvalue weighted by molar-refractivity contribution is 0.0205. The number of ether oxygens (including phenoxy) is 2. The number of hydrogen-bond acceptors (Lipinski definition) is 4. The first-order chi connectivity index (χ1) is 14.7. The lowest BCUT2D eigenvalue weighted by Crippen LogP contribution is -2.52. The van der Waals surface area contributed by atoms with Crippen molar-refractivity contribution >= 4 is 35.6 Å². The quantitative estimate of drug-likeness (QED) is 0.232. The van der Waals surface area contributed by atoms with E-state index in [1.54, 1.807) is 0 Å². The third-order valence-electron chi connectivity index (χ3n) is 5.57. The number of nitrogens with zero attached hydrogens (tertiary/aromatic N) is 3. The molecule has 176 valence electrons. The largest absolute Gasteiger partial charge is 0.381 e. The minimum Gasteiger partial charge on any atom is -0.381 e. The van der Waals surface area contributed by atoms with E-state index in [4.69, 9.17) is 14.5 Å². The molecule has 0 aromatic heterocycles. The maximum absolute atomic E-state index is 14.0. The number of piperazine rings is 1. The SMILES string of the molecule is CCNC(=NCCCOCC1CCOCC1)N1CCN(c2cc(F)ccc2F)CC1.I. The molecule has 2 saturated heterocycles. The maximum Gasteiger partial charge on any atom is 0.194 e. The molecule has 2 aliphatic heterocycles. The maximum atomic E-state index is 14.0. The summed E-state index contributed by atoms with van der Waals surface area (Å²) in [5, 5.41) is 3.34. The van der Waals surface area contributed by atoms with Crippen LogP contribution < -0.4 is 10.2 Å². The number of nitrogens with one attached hydrogen (secondary N) is 1. The first-order valence-electron chi connectivity index (χ1n) is 11.1. The number of guanidine groups is 1.